The van der Waals surface area contributed by atoms with Gasteiger partial charge in [-0.05, 0) is 64.3 Å². The van der Waals surface area contributed by atoms with Crippen molar-refractivity contribution < 1.29 is 9.53 Å². The highest BCUT2D eigenvalue weighted by Gasteiger charge is 2.25. The van der Waals surface area contributed by atoms with Crippen LogP contribution in [0.15, 0.2) is 0 Å². The lowest BCUT2D eigenvalue weighted by Gasteiger charge is -2.33. The molecule has 5 heteroatoms. The molecule has 1 atom stereocenters. The molecule has 0 radical (unpaired) electrons. The van der Waals surface area contributed by atoms with Gasteiger partial charge < -0.3 is 20.3 Å². The monoisotopic (exact) mass is 311 g/mol. The molecule has 128 valence electrons. The number of carbonyl (C=O) groups excluding carboxylic acids is 1. The molecule has 2 rings (SSSR count). The van der Waals surface area contributed by atoms with Crippen molar-refractivity contribution in [3.05, 3.63) is 0 Å². The molecule has 0 aromatic heterocycles. The smallest absolute Gasteiger partial charge is 0.317 e. The van der Waals surface area contributed by atoms with Gasteiger partial charge in [-0.2, -0.15) is 0 Å². The molecule has 1 aliphatic carbocycles. The van der Waals surface area contributed by atoms with E-state index in [4.69, 9.17) is 4.74 Å². The molecule has 0 unspecified atom stereocenters. The molecule has 2 N–H and O–H groups in total. The number of nitrogens with one attached hydrogen (secondary N) is 2. The van der Waals surface area contributed by atoms with E-state index in [0.29, 0.717) is 12.0 Å². The van der Waals surface area contributed by atoms with Gasteiger partial charge in [-0.25, -0.2) is 4.79 Å². The molecular weight excluding hydrogens is 278 g/mol. The zero-order valence-electron chi connectivity index (χ0n) is 14.3. The normalized spacial score (nSPS) is 27.5. The Morgan fingerprint density at radius 1 is 1.18 bits per heavy atom. The fourth-order valence-corrected chi connectivity index (χ4v) is 3.81. The summed E-state index contributed by atoms with van der Waals surface area (Å²) < 4.78 is 5.45. The van der Waals surface area contributed by atoms with Crippen molar-refractivity contribution in [1.29, 1.82) is 0 Å². The van der Waals surface area contributed by atoms with E-state index < -0.39 is 0 Å². The van der Waals surface area contributed by atoms with Crippen molar-refractivity contribution in [3.63, 3.8) is 0 Å². The van der Waals surface area contributed by atoms with Crippen molar-refractivity contribution in [2.75, 3.05) is 33.8 Å². The van der Waals surface area contributed by atoms with Crippen LogP contribution in [0.4, 0.5) is 4.79 Å². The number of piperidine rings is 1. The number of urea groups is 1. The van der Waals surface area contributed by atoms with E-state index in [9.17, 15) is 4.79 Å². The summed E-state index contributed by atoms with van der Waals surface area (Å²) >= 11 is 0. The van der Waals surface area contributed by atoms with Gasteiger partial charge in [0.15, 0.2) is 0 Å². The summed E-state index contributed by atoms with van der Waals surface area (Å²) in [7, 11) is 3.77. The zero-order valence-corrected chi connectivity index (χ0v) is 14.3. The topological polar surface area (TPSA) is 53.6 Å². The van der Waals surface area contributed by atoms with Gasteiger partial charge in [0.2, 0.25) is 0 Å². The first-order valence-corrected chi connectivity index (χ1v) is 8.95. The lowest BCUT2D eigenvalue weighted by Crippen LogP contribution is -2.50. The fourth-order valence-electron chi connectivity index (χ4n) is 3.81. The van der Waals surface area contributed by atoms with Crippen LogP contribution < -0.4 is 10.6 Å². The Labute approximate surface area is 135 Å². The van der Waals surface area contributed by atoms with Crippen LogP contribution in [-0.2, 0) is 4.74 Å². The van der Waals surface area contributed by atoms with Crippen molar-refractivity contribution in [1.82, 2.24) is 15.5 Å². The maximum absolute atomic E-state index is 12.4. The first-order valence-electron chi connectivity index (χ1n) is 8.95. The highest BCUT2D eigenvalue weighted by molar-refractivity contribution is 5.74. The largest absolute Gasteiger partial charge is 0.381 e. The molecule has 2 aliphatic rings. The van der Waals surface area contributed by atoms with E-state index in [2.05, 4.69) is 10.6 Å². The molecule has 2 amide bonds. The summed E-state index contributed by atoms with van der Waals surface area (Å²) in [6.07, 6.45) is 9.83. The van der Waals surface area contributed by atoms with Crippen LogP contribution in [0.1, 0.15) is 51.4 Å². The van der Waals surface area contributed by atoms with Gasteiger partial charge in [-0.3, -0.25) is 0 Å². The molecule has 1 saturated heterocycles. The second kappa shape index (κ2) is 9.36. The minimum atomic E-state index is 0.130. The van der Waals surface area contributed by atoms with Crippen LogP contribution in [-0.4, -0.2) is 56.9 Å². The van der Waals surface area contributed by atoms with Crippen molar-refractivity contribution in [2.45, 2.75) is 63.5 Å². The van der Waals surface area contributed by atoms with Gasteiger partial charge in [0, 0.05) is 32.8 Å². The lowest BCUT2D eigenvalue weighted by molar-refractivity contribution is 0.0539. The molecule has 0 bridgehead atoms. The van der Waals surface area contributed by atoms with E-state index in [1.807, 2.05) is 19.1 Å². The van der Waals surface area contributed by atoms with Crippen LogP contribution in [0.3, 0.4) is 0 Å². The van der Waals surface area contributed by atoms with Crippen LogP contribution in [0.5, 0.6) is 0 Å². The first kappa shape index (κ1) is 17.5. The molecule has 1 aliphatic heterocycles. The standard InChI is InChI=1S/C17H33N3O2/c1-18-13-15(12-14-6-8-16(22-2)9-7-14)19-17(21)20-10-4-3-5-11-20/h14-16,18H,3-13H2,1-2H3,(H,19,21)/t14-,15-,16-/m0/s1. The second-order valence-corrected chi connectivity index (χ2v) is 6.87. The molecule has 0 aromatic carbocycles. The van der Waals surface area contributed by atoms with Crippen LogP contribution in [0, 0.1) is 5.92 Å². The third-order valence-corrected chi connectivity index (χ3v) is 5.17. The van der Waals surface area contributed by atoms with E-state index in [1.54, 1.807) is 0 Å². The van der Waals surface area contributed by atoms with Crippen LogP contribution >= 0.6 is 0 Å². The fraction of sp³-hybridized carbons (Fsp3) is 0.941. The number of likely N-dealkylation sites (N-methyl/N-ethyl adjacent to an activating group) is 1. The molecule has 5 nitrogen and oxygen atoms in total. The maximum Gasteiger partial charge on any atom is 0.317 e. The number of nitrogens with zero attached hydrogens (tertiary/aromatic N) is 1. The van der Waals surface area contributed by atoms with Crippen molar-refractivity contribution in [3.8, 4) is 0 Å². The summed E-state index contributed by atoms with van der Waals surface area (Å²) in [4.78, 5) is 14.4. The molecule has 1 saturated carbocycles. The molecule has 0 aromatic rings. The van der Waals surface area contributed by atoms with Crippen molar-refractivity contribution >= 4 is 6.03 Å². The van der Waals surface area contributed by atoms with E-state index in [1.165, 1.54) is 19.3 Å². The number of methoxy groups -OCH3 is 1. The maximum atomic E-state index is 12.4. The summed E-state index contributed by atoms with van der Waals surface area (Å²) in [5.74, 6) is 0.714. The van der Waals surface area contributed by atoms with Gasteiger partial charge in [-0.15, -0.1) is 0 Å². The molecule has 0 spiro atoms. The average molecular weight is 311 g/mol. The van der Waals surface area contributed by atoms with Crippen LogP contribution in [0.2, 0.25) is 0 Å². The number of carbonyl (C=O) groups is 1. The Morgan fingerprint density at radius 2 is 1.86 bits per heavy atom. The molecule has 2 fully saturated rings. The van der Waals surface area contributed by atoms with E-state index in [0.717, 1.165) is 51.7 Å². The Bertz CT molecular complexity index is 324. The second-order valence-electron chi connectivity index (χ2n) is 6.87. The highest BCUT2D eigenvalue weighted by atomic mass is 16.5. The number of ether oxygens (including phenoxy) is 1. The minimum Gasteiger partial charge on any atom is -0.381 e. The Morgan fingerprint density at radius 3 is 2.45 bits per heavy atom. The van der Waals surface area contributed by atoms with Gasteiger partial charge in [-0.1, -0.05) is 0 Å². The summed E-state index contributed by atoms with van der Waals surface area (Å²) in [6, 6.07) is 0.369. The predicted octanol–water partition coefficient (Wildman–Crippen LogP) is 2.37. The van der Waals surface area contributed by atoms with Crippen molar-refractivity contribution in [2.24, 2.45) is 5.92 Å². The third kappa shape index (κ3) is 5.43. The van der Waals surface area contributed by atoms with Gasteiger partial charge in [0.1, 0.15) is 0 Å². The Balaban J connectivity index is 1.77. The molecule has 22 heavy (non-hydrogen) atoms. The number of amides is 2. The number of likely N-dealkylation sites (tertiary alicyclic amines) is 1. The summed E-state index contributed by atoms with van der Waals surface area (Å²) in [6.45, 7) is 2.68. The Hall–Kier alpha value is -0.810. The first-order chi connectivity index (χ1) is 10.7. The predicted molar refractivity (Wildman–Crippen MR) is 89.0 cm³/mol. The lowest BCUT2D eigenvalue weighted by atomic mass is 9.83. The van der Waals surface area contributed by atoms with Gasteiger partial charge in [0.05, 0.1) is 6.10 Å². The summed E-state index contributed by atoms with van der Waals surface area (Å²) in [5, 5.41) is 6.48. The number of hydrogen-bond acceptors (Lipinski definition) is 3. The zero-order chi connectivity index (χ0) is 15.8. The van der Waals surface area contributed by atoms with Crippen LogP contribution in [0.25, 0.3) is 0 Å². The van der Waals surface area contributed by atoms with Gasteiger partial charge in [0.25, 0.3) is 0 Å². The van der Waals surface area contributed by atoms with E-state index in [-0.39, 0.29) is 12.1 Å². The quantitative estimate of drug-likeness (QED) is 0.792. The highest BCUT2D eigenvalue weighted by Crippen LogP contribution is 2.29. The minimum absolute atomic E-state index is 0.130. The third-order valence-electron chi connectivity index (χ3n) is 5.17. The molecular formula is C17H33N3O2. The SMILES string of the molecule is CNC[C@H](C[C@H]1CC[C@H](OC)CC1)NC(=O)N1CCCCC1. The Kier molecular flexibility index (Phi) is 7.46. The number of rotatable bonds is 6. The average Bonchev–Trinajstić information content (AvgIpc) is 2.56. The van der Waals surface area contributed by atoms with E-state index >= 15 is 0 Å². The number of hydrogen-bond donors (Lipinski definition) is 2. The molecule has 1 heterocycles. The summed E-state index contributed by atoms with van der Waals surface area (Å²) in [5.41, 5.74) is 0. The van der Waals surface area contributed by atoms with Gasteiger partial charge >= 0.3 is 6.03 Å².